The van der Waals surface area contributed by atoms with E-state index in [2.05, 4.69) is 15.5 Å². The van der Waals surface area contributed by atoms with Gasteiger partial charge in [-0.1, -0.05) is 5.16 Å². The first kappa shape index (κ1) is 21.6. The van der Waals surface area contributed by atoms with E-state index in [-0.39, 0.29) is 16.7 Å². The highest BCUT2D eigenvalue weighted by atomic mass is 32.2. The fraction of sp³-hybridized carbons (Fsp3) is 0.550. The Labute approximate surface area is 181 Å². The first-order valence-corrected chi connectivity index (χ1v) is 11.8. The van der Waals surface area contributed by atoms with E-state index >= 15 is 0 Å². The number of benzene rings is 1. The van der Waals surface area contributed by atoms with Gasteiger partial charge in [0.1, 0.15) is 13.2 Å². The van der Waals surface area contributed by atoms with Gasteiger partial charge in [0.2, 0.25) is 21.8 Å². The summed E-state index contributed by atoms with van der Waals surface area (Å²) in [6.07, 6.45) is 2.27. The third kappa shape index (κ3) is 4.99. The van der Waals surface area contributed by atoms with Gasteiger partial charge in [-0.25, -0.2) is 8.42 Å². The lowest BCUT2D eigenvalue weighted by Gasteiger charge is -2.30. The van der Waals surface area contributed by atoms with Crippen molar-refractivity contribution in [1.82, 2.24) is 19.8 Å². The minimum absolute atomic E-state index is 0.0434. The number of ether oxygens (including phenoxy) is 2. The summed E-state index contributed by atoms with van der Waals surface area (Å²) in [5.74, 6) is 1.91. The van der Waals surface area contributed by atoms with E-state index in [0.29, 0.717) is 81.7 Å². The summed E-state index contributed by atoms with van der Waals surface area (Å²) in [6, 6.07) is 4.66. The van der Waals surface area contributed by atoms with E-state index in [0.717, 1.165) is 0 Å². The fourth-order valence-electron chi connectivity index (χ4n) is 3.73. The molecule has 2 aliphatic rings. The van der Waals surface area contributed by atoms with E-state index < -0.39 is 10.0 Å². The second-order valence-electron chi connectivity index (χ2n) is 7.61. The molecule has 1 N–H and O–H groups in total. The van der Waals surface area contributed by atoms with Crippen LogP contribution in [0.25, 0.3) is 0 Å². The fourth-order valence-corrected chi connectivity index (χ4v) is 5.21. The monoisotopic (exact) mass is 450 g/mol. The Morgan fingerprint density at radius 2 is 1.94 bits per heavy atom. The molecule has 0 radical (unpaired) electrons. The number of rotatable bonds is 7. The first-order chi connectivity index (χ1) is 14.9. The molecule has 1 amide bonds. The van der Waals surface area contributed by atoms with Crippen LogP contribution in [0.1, 0.15) is 31.0 Å². The van der Waals surface area contributed by atoms with Crippen molar-refractivity contribution in [3.63, 3.8) is 0 Å². The third-order valence-corrected chi connectivity index (χ3v) is 7.31. The van der Waals surface area contributed by atoms with Gasteiger partial charge in [-0.3, -0.25) is 4.79 Å². The van der Waals surface area contributed by atoms with Gasteiger partial charge >= 0.3 is 0 Å². The minimum atomic E-state index is -3.65. The van der Waals surface area contributed by atoms with E-state index in [1.807, 2.05) is 0 Å². The zero-order chi connectivity index (χ0) is 21.8. The molecule has 2 aromatic rings. The van der Waals surface area contributed by atoms with E-state index in [9.17, 15) is 13.2 Å². The third-order valence-electron chi connectivity index (χ3n) is 5.41. The summed E-state index contributed by atoms with van der Waals surface area (Å²) in [5.41, 5.74) is 0. The Morgan fingerprint density at radius 3 is 2.65 bits per heavy atom. The topological polar surface area (TPSA) is 124 Å². The zero-order valence-corrected chi connectivity index (χ0v) is 18.2. The Bertz CT molecular complexity index is 1030. The molecule has 0 unspecified atom stereocenters. The predicted octanol–water partition coefficient (Wildman–Crippen LogP) is 1.30. The summed E-state index contributed by atoms with van der Waals surface area (Å²) in [7, 11) is -3.65. The van der Waals surface area contributed by atoms with Crippen LogP contribution in [0.15, 0.2) is 27.6 Å². The maximum atomic E-state index is 13.0. The molecular weight excluding hydrogens is 424 g/mol. The van der Waals surface area contributed by atoms with Gasteiger partial charge in [0.15, 0.2) is 17.3 Å². The summed E-state index contributed by atoms with van der Waals surface area (Å²) in [4.78, 5) is 16.7. The molecular formula is C20H26N4O6S. The Hall–Kier alpha value is -2.66. The van der Waals surface area contributed by atoms with Crippen LogP contribution in [0, 0.1) is 12.8 Å². The van der Waals surface area contributed by atoms with Crippen LogP contribution in [0.5, 0.6) is 11.5 Å². The Kier molecular flexibility index (Phi) is 6.42. The standard InChI is InChI=1S/C20H26N4O6S/c1-14-22-19(30-23-14)3-2-8-21-20(25)15-6-9-24(10-7-15)31(26,27)16-4-5-17-18(13-16)29-12-11-28-17/h4-5,13,15H,2-3,6-12H2,1H3,(H,21,25). The van der Waals surface area contributed by atoms with E-state index in [4.69, 9.17) is 14.0 Å². The minimum Gasteiger partial charge on any atom is -0.486 e. The van der Waals surface area contributed by atoms with Crippen molar-refractivity contribution in [2.24, 2.45) is 5.92 Å². The molecule has 11 heteroatoms. The molecule has 1 saturated heterocycles. The van der Waals surface area contributed by atoms with Crippen LogP contribution in [-0.2, 0) is 21.2 Å². The zero-order valence-electron chi connectivity index (χ0n) is 17.4. The number of nitrogens with one attached hydrogen (secondary N) is 1. The van der Waals surface area contributed by atoms with E-state index in [1.165, 1.54) is 16.4 Å². The SMILES string of the molecule is Cc1noc(CCCNC(=O)C2CCN(S(=O)(=O)c3ccc4c(c3)OCCO4)CC2)n1. The second kappa shape index (κ2) is 9.23. The molecule has 10 nitrogen and oxygen atoms in total. The lowest BCUT2D eigenvalue weighted by Crippen LogP contribution is -2.43. The summed E-state index contributed by atoms with van der Waals surface area (Å²) < 4.78 is 43.4. The highest BCUT2D eigenvalue weighted by Gasteiger charge is 2.32. The molecule has 2 aliphatic heterocycles. The van der Waals surface area contributed by atoms with Crippen molar-refractivity contribution in [3.05, 3.63) is 29.9 Å². The van der Waals surface area contributed by atoms with Crippen LogP contribution in [0.2, 0.25) is 0 Å². The average molecular weight is 451 g/mol. The van der Waals surface area contributed by atoms with Gasteiger partial charge in [-0.15, -0.1) is 0 Å². The number of carbonyl (C=O) groups excluding carboxylic acids is 1. The van der Waals surface area contributed by atoms with Gasteiger partial charge in [0.25, 0.3) is 0 Å². The smallest absolute Gasteiger partial charge is 0.243 e. The van der Waals surface area contributed by atoms with E-state index in [1.54, 1.807) is 13.0 Å². The molecule has 1 fully saturated rings. The molecule has 0 bridgehead atoms. The molecule has 0 atom stereocenters. The largest absolute Gasteiger partial charge is 0.486 e. The van der Waals surface area contributed by atoms with Crippen molar-refractivity contribution in [3.8, 4) is 11.5 Å². The molecule has 3 heterocycles. The van der Waals surface area contributed by atoms with Crippen molar-refractivity contribution >= 4 is 15.9 Å². The summed E-state index contributed by atoms with van der Waals surface area (Å²) in [6.45, 7) is 3.72. The molecule has 1 aromatic carbocycles. The van der Waals surface area contributed by atoms with Crippen molar-refractivity contribution < 1.29 is 27.2 Å². The van der Waals surface area contributed by atoms with Gasteiger partial charge in [-0.05, 0) is 38.3 Å². The van der Waals surface area contributed by atoms with Crippen LogP contribution in [0.4, 0.5) is 0 Å². The van der Waals surface area contributed by atoms with Crippen LogP contribution in [-0.4, -0.2) is 61.6 Å². The van der Waals surface area contributed by atoms with Crippen LogP contribution >= 0.6 is 0 Å². The van der Waals surface area contributed by atoms with Gasteiger partial charge in [0, 0.05) is 38.0 Å². The number of fused-ring (bicyclic) bond motifs is 1. The number of piperidine rings is 1. The van der Waals surface area contributed by atoms with Gasteiger partial charge in [-0.2, -0.15) is 9.29 Å². The molecule has 1 aromatic heterocycles. The number of hydrogen-bond acceptors (Lipinski definition) is 8. The quantitative estimate of drug-likeness (QED) is 0.626. The molecule has 4 rings (SSSR count). The van der Waals surface area contributed by atoms with Crippen molar-refractivity contribution in [2.75, 3.05) is 32.8 Å². The van der Waals surface area contributed by atoms with Gasteiger partial charge in [0.05, 0.1) is 4.90 Å². The summed E-state index contributed by atoms with van der Waals surface area (Å²) in [5, 5.41) is 6.66. The lowest BCUT2D eigenvalue weighted by atomic mass is 9.97. The van der Waals surface area contributed by atoms with Crippen LogP contribution in [0.3, 0.4) is 0 Å². The molecule has 0 aliphatic carbocycles. The molecule has 0 saturated carbocycles. The number of nitrogens with zero attached hydrogens (tertiary/aromatic N) is 3. The van der Waals surface area contributed by atoms with Gasteiger partial charge < -0.3 is 19.3 Å². The Morgan fingerprint density at radius 1 is 1.19 bits per heavy atom. The number of aryl methyl sites for hydroxylation is 2. The summed E-state index contributed by atoms with van der Waals surface area (Å²) >= 11 is 0. The average Bonchev–Trinajstić information content (AvgIpc) is 3.21. The predicted molar refractivity (Wildman–Crippen MR) is 109 cm³/mol. The maximum Gasteiger partial charge on any atom is 0.243 e. The van der Waals surface area contributed by atoms with Crippen molar-refractivity contribution in [2.45, 2.75) is 37.5 Å². The molecule has 168 valence electrons. The number of amides is 1. The number of sulfonamides is 1. The highest BCUT2D eigenvalue weighted by molar-refractivity contribution is 7.89. The normalized spacial score (nSPS) is 17.5. The highest BCUT2D eigenvalue weighted by Crippen LogP contribution is 2.34. The second-order valence-corrected chi connectivity index (χ2v) is 9.55. The van der Waals surface area contributed by atoms with Crippen LogP contribution < -0.4 is 14.8 Å². The lowest BCUT2D eigenvalue weighted by molar-refractivity contribution is -0.126. The van der Waals surface area contributed by atoms with Crippen molar-refractivity contribution in [1.29, 1.82) is 0 Å². The maximum absolute atomic E-state index is 13.0. The molecule has 0 spiro atoms. The molecule has 31 heavy (non-hydrogen) atoms. The first-order valence-electron chi connectivity index (χ1n) is 10.4. The Balaban J connectivity index is 1.26. The number of aromatic nitrogens is 2. The number of carbonyl (C=O) groups is 1. The number of hydrogen-bond donors (Lipinski definition) is 1.